The van der Waals surface area contributed by atoms with Crippen molar-refractivity contribution < 1.29 is 13.2 Å². The van der Waals surface area contributed by atoms with Gasteiger partial charge in [0.15, 0.2) is 0 Å². The number of benzene rings is 1. The number of rotatable bonds is 7. The van der Waals surface area contributed by atoms with Crippen LogP contribution in [0.5, 0.6) is 5.75 Å². The van der Waals surface area contributed by atoms with Gasteiger partial charge in [-0.05, 0) is 30.5 Å². The summed E-state index contributed by atoms with van der Waals surface area (Å²) in [4.78, 5) is 0.137. The number of nitrogen functional groups attached to an aromatic ring is 1. The van der Waals surface area contributed by atoms with Crippen molar-refractivity contribution in [2.24, 2.45) is 5.92 Å². The van der Waals surface area contributed by atoms with Gasteiger partial charge in [0.1, 0.15) is 10.6 Å². The molecule has 1 aromatic rings. The highest BCUT2D eigenvalue weighted by molar-refractivity contribution is 7.89. The minimum Gasteiger partial charge on any atom is -0.495 e. The van der Waals surface area contributed by atoms with E-state index in [-0.39, 0.29) is 4.90 Å². The van der Waals surface area contributed by atoms with Gasteiger partial charge in [-0.1, -0.05) is 27.2 Å². The second kappa shape index (κ2) is 7.13. The van der Waals surface area contributed by atoms with Crippen LogP contribution in [0.1, 0.15) is 32.8 Å². The largest absolute Gasteiger partial charge is 0.495 e. The van der Waals surface area contributed by atoms with Crippen molar-refractivity contribution in [1.82, 2.24) is 4.31 Å². The third-order valence-electron chi connectivity index (χ3n) is 3.74. The van der Waals surface area contributed by atoms with E-state index in [0.29, 0.717) is 30.4 Å². The van der Waals surface area contributed by atoms with E-state index in [0.717, 1.165) is 12.0 Å². The number of methoxy groups -OCH3 is 1. The summed E-state index contributed by atoms with van der Waals surface area (Å²) in [5, 5.41) is 0. The SMILES string of the molecule is CCC(C)CN(CC)S(=O)(=O)c1cc(N)c(C)cc1OC. The molecule has 6 heteroatoms. The summed E-state index contributed by atoms with van der Waals surface area (Å²) in [6.07, 6.45) is 0.930. The molecule has 0 aliphatic carbocycles. The second-order valence-electron chi connectivity index (χ2n) is 5.33. The van der Waals surface area contributed by atoms with Gasteiger partial charge >= 0.3 is 0 Å². The molecule has 21 heavy (non-hydrogen) atoms. The quantitative estimate of drug-likeness (QED) is 0.785. The predicted octanol–water partition coefficient (Wildman–Crippen LogP) is 2.64. The van der Waals surface area contributed by atoms with Crippen molar-refractivity contribution >= 4 is 15.7 Å². The van der Waals surface area contributed by atoms with Crippen LogP contribution in [-0.4, -0.2) is 32.9 Å². The summed E-state index contributed by atoms with van der Waals surface area (Å²) in [6.45, 7) is 8.67. The Morgan fingerprint density at radius 2 is 1.95 bits per heavy atom. The van der Waals surface area contributed by atoms with Crippen molar-refractivity contribution in [2.75, 3.05) is 25.9 Å². The molecule has 1 aromatic carbocycles. The van der Waals surface area contributed by atoms with Crippen LogP contribution in [0.2, 0.25) is 0 Å². The van der Waals surface area contributed by atoms with E-state index >= 15 is 0 Å². The molecule has 0 aliphatic heterocycles. The fourth-order valence-electron chi connectivity index (χ4n) is 2.05. The highest BCUT2D eigenvalue weighted by Gasteiger charge is 2.28. The molecule has 1 rings (SSSR count). The Morgan fingerprint density at radius 3 is 2.43 bits per heavy atom. The lowest BCUT2D eigenvalue weighted by Crippen LogP contribution is -2.34. The molecular weight excluding hydrogens is 288 g/mol. The summed E-state index contributed by atoms with van der Waals surface area (Å²) < 4.78 is 32.4. The van der Waals surface area contributed by atoms with E-state index < -0.39 is 10.0 Å². The molecule has 0 bridgehead atoms. The van der Waals surface area contributed by atoms with E-state index in [4.69, 9.17) is 10.5 Å². The topological polar surface area (TPSA) is 72.6 Å². The van der Waals surface area contributed by atoms with Gasteiger partial charge in [0.05, 0.1) is 7.11 Å². The van der Waals surface area contributed by atoms with Crippen LogP contribution in [0, 0.1) is 12.8 Å². The predicted molar refractivity (Wildman–Crippen MR) is 86.0 cm³/mol. The first-order chi connectivity index (χ1) is 9.77. The highest BCUT2D eigenvalue weighted by atomic mass is 32.2. The van der Waals surface area contributed by atoms with Gasteiger partial charge in [0.25, 0.3) is 0 Å². The van der Waals surface area contributed by atoms with Gasteiger partial charge in [0, 0.05) is 18.8 Å². The standard InChI is InChI=1S/C15H26N2O3S/c1-6-11(3)10-17(7-2)21(18,19)15-9-13(16)12(4)8-14(15)20-5/h8-9,11H,6-7,10,16H2,1-5H3. The first-order valence-corrected chi connectivity index (χ1v) is 8.66. The van der Waals surface area contributed by atoms with E-state index in [1.54, 1.807) is 6.07 Å². The Bertz CT molecular complexity index is 585. The zero-order chi connectivity index (χ0) is 16.2. The van der Waals surface area contributed by atoms with Crippen molar-refractivity contribution in [3.63, 3.8) is 0 Å². The number of ether oxygens (including phenoxy) is 1. The van der Waals surface area contributed by atoms with E-state index in [9.17, 15) is 8.42 Å². The molecule has 0 spiro atoms. The molecule has 0 aliphatic rings. The molecule has 0 saturated carbocycles. The minimum absolute atomic E-state index is 0.137. The molecular formula is C15H26N2O3S. The first kappa shape index (κ1) is 17.8. The number of sulfonamides is 1. The fraction of sp³-hybridized carbons (Fsp3) is 0.600. The molecule has 1 unspecified atom stereocenters. The Labute approximate surface area is 128 Å². The van der Waals surface area contributed by atoms with E-state index in [1.165, 1.54) is 17.5 Å². The third kappa shape index (κ3) is 3.89. The number of nitrogens with zero attached hydrogens (tertiary/aromatic N) is 1. The van der Waals surface area contributed by atoms with Gasteiger partial charge in [0.2, 0.25) is 10.0 Å². The van der Waals surface area contributed by atoms with Gasteiger partial charge in [-0.25, -0.2) is 8.42 Å². The average molecular weight is 314 g/mol. The van der Waals surface area contributed by atoms with E-state index in [1.807, 2.05) is 20.8 Å². The lowest BCUT2D eigenvalue weighted by atomic mass is 10.1. The molecule has 0 aromatic heterocycles. The molecule has 0 fully saturated rings. The minimum atomic E-state index is -3.61. The van der Waals surface area contributed by atoms with Crippen LogP contribution in [-0.2, 0) is 10.0 Å². The average Bonchev–Trinajstić information content (AvgIpc) is 2.46. The van der Waals surface area contributed by atoms with Gasteiger partial charge in [-0.3, -0.25) is 0 Å². The third-order valence-corrected chi connectivity index (χ3v) is 5.70. The van der Waals surface area contributed by atoms with Crippen LogP contribution in [0.15, 0.2) is 17.0 Å². The van der Waals surface area contributed by atoms with Gasteiger partial charge < -0.3 is 10.5 Å². The number of aryl methyl sites for hydroxylation is 1. The summed E-state index contributed by atoms with van der Waals surface area (Å²) in [5.74, 6) is 0.637. The van der Waals surface area contributed by atoms with Crippen LogP contribution in [0.25, 0.3) is 0 Å². The molecule has 0 amide bonds. The summed E-state index contributed by atoms with van der Waals surface area (Å²) in [5.41, 5.74) is 7.13. The summed E-state index contributed by atoms with van der Waals surface area (Å²) in [6, 6.07) is 3.15. The smallest absolute Gasteiger partial charge is 0.246 e. The van der Waals surface area contributed by atoms with Crippen LogP contribution in [0.3, 0.4) is 0 Å². The maximum atomic E-state index is 12.8. The maximum absolute atomic E-state index is 12.8. The van der Waals surface area contributed by atoms with Gasteiger partial charge in [-0.15, -0.1) is 0 Å². The molecule has 0 saturated heterocycles. The van der Waals surface area contributed by atoms with Crippen molar-refractivity contribution in [3.8, 4) is 5.75 Å². The van der Waals surface area contributed by atoms with Crippen molar-refractivity contribution in [2.45, 2.75) is 39.0 Å². The normalized spacial score (nSPS) is 13.4. The maximum Gasteiger partial charge on any atom is 0.246 e. The zero-order valence-electron chi connectivity index (χ0n) is 13.5. The lowest BCUT2D eigenvalue weighted by molar-refractivity contribution is 0.356. The van der Waals surface area contributed by atoms with Crippen LogP contribution >= 0.6 is 0 Å². The van der Waals surface area contributed by atoms with Crippen molar-refractivity contribution in [3.05, 3.63) is 17.7 Å². The summed E-state index contributed by atoms with van der Waals surface area (Å²) in [7, 11) is -2.14. The Hall–Kier alpha value is -1.27. The van der Waals surface area contributed by atoms with Crippen LogP contribution in [0.4, 0.5) is 5.69 Å². The zero-order valence-corrected chi connectivity index (χ0v) is 14.3. The van der Waals surface area contributed by atoms with E-state index in [2.05, 4.69) is 6.92 Å². The highest BCUT2D eigenvalue weighted by Crippen LogP contribution is 2.31. The Morgan fingerprint density at radius 1 is 1.33 bits per heavy atom. The van der Waals surface area contributed by atoms with Crippen molar-refractivity contribution in [1.29, 1.82) is 0 Å². The molecule has 0 heterocycles. The Kier molecular flexibility index (Phi) is 6.04. The molecule has 1 atom stereocenters. The van der Waals surface area contributed by atoms with Gasteiger partial charge in [-0.2, -0.15) is 4.31 Å². The molecule has 5 nitrogen and oxygen atoms in total. The first-order valence-electron chi connectivity index (χ1n) is 7.22. The molecule has 0 radical (unpaired) electrons. The van der Waals surface area contributed by atoms with Crippen LogP contribution < -0.4 is 10.5 Å². The second-order valence-corrected chi connectivity index (χ2v) is 7.24. The number of anilines is 1. The lowest BCUT2D eigenvalue weighted by Gasteiger charge is -2.24. The number of nitrogens with two attached hydrogens (primary N) is 1. The Balaban J connectivity index is 3.31. The number of hydrogen-bond donors (Lipinski definition) is 1. The monoisotopic (exact) mass is 314 g/mol. The molecule has 2 N–H and O–H groups in total. The molecule has 120 valence electrons. The number of hydrogen-bond acceptors (Lipinski definition) is 4. The fourth-order valence-corrected chi connectivity index (χ4v) is 3.79. The summed E-state index contributed by atoms with van der Waals surface area (Å²) >= 11 is 0.